The van der Waals surface area contributed by atoms with Gasteiger partial charge in [-0.3, -0.25) is 0 Å². The number of hydrogen-bond acceptors (Lipinski definition) is 1. The Hall–Kier alpha value is -1.09. The molecule has 1 atom stereocenters. The number of hydrogen-bond donors (Lipinski definition) is 1. The van der Waals surface area contributed by atoms with Crippen LogP contribution in [0.4, 0.5) is 4.39 Å². The lowest BCUT2D eigenvalue weighted by molar-refractivity contribution is 0.590. The number of benzene rings is 2. The van der Waals surface area contributed by atoms with Crippen LogP contribution >= 0.6 is 23.2 Å². The molecule has 0 radical (unpaired) electrons. The van der Waals surface area contributed by atoms with Gasteiger partial charge >= 0.3 is 0 Å². The van der Waals surface area contributed by atoms with E-state index in [4.69, 9.17) is 23.2 Å². The van der Waals surface area contributed by atoms with Gasteiger partial charge in [0.1, 0.15) is 5.82 Å². The van der Waals surface area contributed by atoms with E-state index < -0.39 is 0 Å². The highest BCUT2D eigenvalue weighted by Crippen LogP contribution is 2.28. The number of nitrogens with one attached hydrogen (secondary N) is 1. The van der Waals surface area contributed by atoms with E-state index in [1.807, 2.05) is 18.2 Å². The third-order valence-electron chi connectivity index (χ3n) is 3.33. The molecule has 0 aliphatic heterocycles. The van der Waals surface area contributed by atoms with Crippen molar-refractivity contribution in [1.29, 1.82) is 0 Å². The van der Waals surface area contributed by atoms with Crippen molar-refractivity contribution in [2.45, 2.75) is 26.3 Å². The maximum absolute atomic E-state index is 13.5. The highest BCUT2D eigenvalue weighted by Gasteiger charge is 2.15. The summed E-state index contributed by atoms with van der Waals surface area (Å²) >= 11 is 12.2. The minimum absolute atomic E-state index is 0.0551. The van der Waals surface area contributed by atoms with Crippen LogP contribution in [0.15, 0.2) is 36.4 Å². The van der Waals surface area contributed by atoms with Crippen LogP contribution in [0.25, 0.3) is 0 Å². The highest BCUT2D eigenvalue weighted by atomic mass is 35.5. The Morgan fingerprint density at radius 3 is 2.29 bits per heavy atom. The maximum Gasteiger partial charge on any atom is 0.126 e. The fraction of sp³-hybridized carbons (Fsp3) is 0.294. The van der Waals surface area contributed by atoms with Crippen molar-refractivity contribution < 1.29 is 4.39 Å². The molecule has 0 bridgehead atoms. The van der Waals surface area contributed by atoms with E-state index in [1.165, 1.54) is 6.07 Å². The van der Waals surface area contributed by atoms with Crippen molar-refractivity contribution in [2.24, 2.45) is 0 Å². The van der Waals surface area contributed by atoms with Gasteiger partial charge in [0, 0.05) is 10.0 Å². The van der Waals surface area contributed by atoms with Crippen molar-refractivity contribution in [1.82, 2.24) is 5.32 Å². The maximum atomic E-state index is 13.5. The van der Waals surface area contributed by atoms with Crippen LogP contribution in [-0.4, -0.2) is 6.54 Å². The molecule has 2 rings (SSSR count). The topological polar surface area (TPSA) is 12.0 Å². The molecule has 0 fully saturated rings. The summed E-state index contributed by atoms with van der Waals surface area (Å²) < 4.78 is 13.5. The van der Waals surface area contributed by atoms with Gasteiger partial charge in [-0.15, -0.1) is 0 Å². The molecular formula is C17H18Cl2FN. The third kappa shape index (κ3) is 4.19. The molecule has 0 heterocycles. The van der Waals surface area contributed by atoms with E-state index >= 15 is 0 Å². The van der Waals surface area contributed by atoms with Crippen molar-refractivity contribution in [3.8, 4) is 0 Å². The minimum atomic E-state index is -0.197. The summed E-state index contributed by atoms with van der Waals surface area (Å²) in [6, 6.07) is 10.6. The molecule has 2 aromatic carbocycles. The zero-order valence-electron chi connectivity index (χ0n) is 12.1. The standard InChI is InChI=1S/C17H18Cl2FN/c1-3-6-21-17(12-4-5-16(20)11(2)7-12)13-8-14(18)10-15(19)9-13/h4-5,7-10,17,21H,3,6H2,1-2H3. The van der Waals surface area contributed by atoms with Gasteiger partial charge in [0.25, 0.3) is 0 Å². The first kappa shape index (κ1) is 16.3. The summed E-state index contributed by atoms with van der Waals surface area (Å²) in [5.41, 5.74) is 2.61. The van der Waals surface area contributed by atoms with Crippen molar-refractivity contribution >= 4 is 23.2 Å². The summed E-state index contributed by atoms with van der Waals surface area (Å²) in [4.78, 5) is 0. The van der Waals surface area contributed by atoms with Crippen LogP contribution in [0.2, 0.25) is 10.0 Å². The van der Waals surface area contributed by atoms with Crippen LogP contribution < -0.4 is 5.32 Å². The second-order valence-electron chi connectivity index (χ2n) is 5.10. The normalized spacial score (nSPS) is 12.4. The van der Waals surface area contributed by atoms with E-state index in [0.29, 0.717) is 15.6 Å². The zero-order valence-corrected chi connectivity index (χ0v) is 13.6. The number of rotatable bonds is 5. The number of halogens is 3. The summed E-state index contributed by atoms with van der Waals surface area (Å²) in [5, 5.41) is 4.66. The zero-order chi connectivity index (χ0) is 15.4. The first-order valence-corrected chi connectivity index (χ1v) is 7.72. The van der Waals surface area contributed by atoms with Gasteiger partial charge in [-0.2, -0.15) is 0 Å². The molecule has 0 amide bonds. The Labute approximate surface area is 135 Å². The molecule has 0 saturated carbocycles. The van der Waals surface area contributed by atoms with Gasteiger partial charge < -0.3 is 5.32 Å². The molecule has 4 heteroatoms. The lowest BCUT2D eigenvalue weighted by Crippen LogP contribution is -2.23. The van der Waals surface area contributed by atoms with Crippen molar-refractivity contribution in [2.75, 3.05) is 6.54 Å². The molecule has 1 nitrogen and oxygen atoms in total. The Morgan fingerprint density at radius 2 is 1.71 bits per heavy atom. The molecule has 2 aromatic rings. The molecule has 0 aromatic heterocycles. The minimum Gasteiger partial charge on any atom is -0.306 e. The van der Waals surface area contributed by atoms with E-state index in [2.05, 4.69) is 12.2 Å². The van der Waals surface area contributed by atoms with Gasteiger partial charge in [0.15, 0.2) is 0 Å². The Kier molecular flexibility index (Phi) is 5.63. The SMILES string of the molecule is CCCNC(c1cc(Cl)cc(Cl)c1)c1ccc(F)c(C)c1. The lowest BCUT2D eigenvalue weighted by Gasteiger charge is -2.21. The van der Waals surface area contributed by atoms with Gasteiger partial charge in [-0.05, 0) is 60.8 Å². The van der Waals surface area contributed by atoms with Crippen LogP contribution in [0.3, 0.4) is 0 Å². The van der Waals surface area contributed by atoms with Crippen molar-refractivity contribution in [3.05, 3.63) is 69.0 Å². The molecule has 1 unspecified atom stereocenters. The molecule has 0 saturated heterocycles. The largest absolute Gasteiger partial charge is 0.306 e. The quantitative estimate of drug-likeness (QED) is 0.762. The number of aryl methyl sites for hydroxylation is 1. The van der Waals surface area contributed by atoms with Crippen LogP contribution in [0, 0.1) is 12.7 Å². The highest BCUT2D eigenvalue weighted by molar-refractivity contribution is 6.34. The molecule has 0 aliphatic rings. The first-order valence-electron chi connectivity index (χ1n) is 6.96. The van der Waals surface area contributed by atoms with E-state index in [1.54, 1.807) is 19.1 Å². The fourth-order valence-electron chi connectivity index (χ4n) is 2.31. The third-order valence-corrected chi connectivity index (χ3v) is 3.77. The molecule has 21 heavy (non-hydrogen) atoms. The summed E-state index contributed by atoms with van der Waals surface area (Å²) in [6.07, 6.45) is 1.00. The van der Waals surface area contributed by atoms with E-state index in [-0.39, 0.29) is 11.9 Å². The van der Waals surface area contributed by atoms with Gasteiger partial charge in [0.2, 0.25) is 0 Å². The fourth-order valence-corrected chi connectivity index (χ4v) is 2.85. The van der Waals surface area contributed by atoms with Gasteiger partial charge in [-0.25, -0.2) is 4.39 Å². The average molecular weight is 326 g/mol. The predicted octanol–water partition coefficient (Wildman–Crippen LogP) is 5.53. The monoisotopic (exact) mass is 325 g/mol. The summed E-state index contributed by atoms with van der Waals surface area (Å²) in [5.74, 6) is -0.197. The summed E-state index contributed by atoms with van der Waals surface area (Å²) in [7, 11) is 0. The molecule has 1 N–H and O–H groups in total. The first-order chi connectivity index (χ1) is 10.0. The van der Waals surface area contributed by atoms with E-state index in [0.717, 1.165) is 24.1 Å². The van der Waals surface area contributed by atoms with Crippen LogP contribution in [0.5, 0.6) is 0 Å². The smallest absolute Gasteiger partial charge is 0.126 e. The Morgan fingerprint density at radius 1 is 1.05 bits per heavy atom. The van der Waals surface area contributed by atoms with E-state index in [9.17, 15) is 4.39 Å². The van der Waals surface area contributed by atoms with Gasteiger partial charge in [-0.1, -0.05) is 42.3 Å². The summed E-state index contributed by atoms with van der Waals surface area (Å²) in [6.45, 7) is 4.72. The average Bonchev–Trinajstić information content (AvgIpc) is 2.42. The van der Waals surface area contributed by atoms with Crippen LogP contribution in [-0.2, 0) is 0 Å². The molecule has 0 aliphatic carbocycles. The Bertz CT molecular complexity index is 608. The van der Waals surface area contributed by atoms with Crippen molar-refractivity contribution in [3.63, 3.8) is 0 Å². The second-order valence-corrected chi connectivity index (χ2v) is 5.97. The van der Waals surface area contributed by atoms with Crippen LogP contribution in [0.1, 0.15) is 36.1 Å². The predicted molar refractivity (Wildman–Crippen MR) is 87.7 cm³/mol. The Balaban J connectivity index is 2.43. The second kappa shape index (κ2) is 7.26. The lowest BCUT2D eigenvalue weighted by atomic mass is 9.97. The molecule has 0 spiro atoms. The molecule has 112 valence electrons. The molecular weight excluding hydrogens is 308 g/mol. The van der Waals surface area contributed by atoms with Gasteiger partial charge in [0.05, 0.1) is 6.04 Å².